The molecular formula is C15H23N3O. The Hall–Kier alpha value is -1.13. The highest BCUT2D eigenvalue weighted by Crippen LogP contribution is 2.26. The number of nitrogens with zero attached hydrogens (tertiary/aromatic N) is 3. The lowest BCUT2D eigenvalue weighted by Crippen LogP contribution is -2.50. The van der Waals surface area contributed by atoms with E-state index in [9.17, 15) is 5.11 Å². The molecule has 1 N–H and O–H groups in total. The van der Waals surface area contributed by atoms with Gasteiger partial charge in [0.25, 0.3) is 0 Å². The van der Waals surface area contributed by atoms with E-state index in [0.717, 1.165) is 43.6 Å². The SMILES string of the molecule is OCc1cccnc1N1CCN(C2CCCC2)CC1. The number of rotatable bonds is 3. The van der Waals surface area contributed by atoms with Gasteiger partial charge in [0, 0.05) is 44.0 Å². The van der Waals surface area contributed by atoms with E-state index < -0.39 is 0 Å². The van der Waals surface area contributed by atoms with E-state index in [-0.39, 0.29) is 6.61 Å². The number of piperazine rings is 1. The fourth-order valence-electron chi connectivity index (χ4n) is 3.41. The van der Waals surface area contributed by atoms with Crippen LogP contribution in [-0.4, -0.2) is 47.2 Å². The van der Waals surface area contributed by atoms with Gasteiger partial charge in [0.1, 0.15) is 5.82 Å². The van der Waals surface area contributed by atoms with Crippen LogP contribution in [-0.2, 0) is 6.61 Å². The van der Waals surface area contributed by atoms with Crippen molar-refractivity contribution in [2.45, 2.75) is 38.3 Å². The maximum absolute atomic E-state index is 9.40. The maximum Gasteiger partial charge on any atom is 0.134 e. The second-order valence-electron chi connectivity index (χ2n) is 5.61. The van der Waals surface area contributed by atoms with Crippen LogP contribution >= 0.6 is 0 Å². The smallest absolute Gasteiger partial charge is 0.134 e. The molecule has 1 aliphatic heterocycles. The summed E-state index contributed by atoms with van der Waals surface area (Å²) in [5, 5.41) is 9.40. The molecule has 3 rings (SSSR count). The summed E-state index contributed by atoms with van der Waals surface area (Å²) in [5.41, 5.74) is 0.941. The van der Waals surface area contributed by atoms with Gasteiger partial charge in [-0.25, -0.2) is 4.98 Å². The van der Waals surface area contributed by atoms with Crippen LogP contribution in [0.5, 0.6) is 0 Å². The first-order chi connectivity index (χ1) is 9.38. The topological polar surface area (TPSA) is 39.6 Å². The lowest BCUT2D eigenvalue weighted by molar-refractivity contribution is 0.187. The molecule has 1 aromatic rings. The molecule has 0 atom stereocenters. The molecular weight excluding hydrogens is 238 g/mol. The minimum atomic E-state index is 0.0754. The lowest BCUT2D eigenvalue weighted by Gasteiger charge is -2.39. The third-order valence-corrected chi connectivity index (χ3v) is 4.49. The Kier molecular flexibility index (Phi) is 3.99. The number of aliphatic hydroxyl groups excluding tert-OH is 1. The van der Waals surface area contributed by atoms with Gasteiger partial charge in [0.2, 0.25) is 0 Å². The molecule has 4 heteroatoms. The van der Waals surface area contributed by atoms with Gasteiger partial charge < -0.3 is 10.0 Å². The molecule has 1 saturated carbocycles. The van der Waals surface area contributed by atoms with Gasteiger partial charge in [0.15, 0.2) is 0 Å². The molecule has 0 unspecified atom stereocenters. The van der Waals surface area contributed by atoms with Crippen molar-refractivity contribution in [3.63, 3.8) is 0 Å². The summed E-state index contributed by atoms with van der Waals surface area (Å²) in [7, 11) is 0. The predicted octanol–water partition coefficient (Wildman–Crippen LogP) is 1.64. The van der Waals surface area contributed by atoms with E-state index >= 15 is 0 Å². The van der Waals surface area contributed by atoms with E-state index in [1.54, 1.807) is 0 Å². The minimum Gasteiger partial charge on any atom is -0.392 e. The fraction of sp³-hybridized carbons (Fsp3) is 0.667. The number of aliphatic hydroxyl groups is 1. The summed E-state index contributed by atoms with van der Waals surface area (Å²) in [5.74, 6) is 0.969. The van der Waals surface area contributed by atoms with Crippen molar-refractivity contribution >= 4 is 5.82 Å². The van der Waals surface area contributed by atoms with E-state index in [2.05, 4.69) is 14.8 Å². The Morgan fingerprint density at radius 2 is 1.89 bits per heavy atom. The van der Waals surface area contributed by atoms with Gasteiger partial charge in [0.05, 0.1) is 6.61 Å². The van der Waals surface area contributed by atoms with Gasteiger partial charge in [-0.1, -0.05) is 18.9 Å². The van der Waals surface area contributed by atoms with E-state index in [0.29, 0.717) is 0 Å². The number of hydrogen-bond acceptors (Lipinski definition) is 4. The summed E-state index contributed by atoms with van der Waals surface area (Å²) in [4.78, 5) is 9.40. The average molecular weight is 261 g/mol. The van der Waals surface area contributed by atoms with Crippen molar-refractivity contribution in [3.05, 3.63) is 23.9 Å². The molecule has 2 aliphatic rings. The Bertz CT molecular complexity index is 410. The Labute approximate surface area is 115 Å². The molecule has 0 radical (unpaired) electrons. The summed E-state index contributed by atoms with van der Waals surface area (Å²) in [6, 6.07) is 4.68. The molecule has 1 aliphatic carbocycles. The second-order valence-corrected chi connectivity index (χ2v) is 5.61. The van der Waals surface area contributed by atoms with Crippen LogP contribution in [0.3, 0.4) is 0 Å². The Morgan fingerprint density at radius 3 is 2.58 bits per heavy atom. The molecule has 0 spiro atoms. The van der Waals surface area contributed by atoms with Crippen molar-refractivity contribution < 1.29 is 5.11 Å². The second kappa shape index (κ2) is 5.88. The normalized spacial score (nSPS) is 22.1. The Morgan fingerprint density at radius 1 is 1.16 bits per heavy atom. The molecule has 19 heavy (non-hydrogen) atoms. The van der Waals surface area contributed by atoms with E-state index in [4.69, 9.17) is 0 Å². The quantitative estimate of drug-likeness (QED) is 0.898. The summed E-state index contributed by atoms with van der Waals surface area (Å²) < 4.78 is 0. The van der Waals surface area contributed by atoms with Crippen molar-refractivity contribution in [2.75, 3.05) is 31.1 Å². The zero-order valence-corrected chi connectivity index (χ0v) is 11.5. The zero-order chi connectivity index (χ0) is 13.1. The zero-order valence-electron chi connectivity index (χ0n) is 11.5. The highest BCUT2D eigenvalue weighted by atomic mass is 16.3. The Balaban J connectivity index is 1.63. The van der Waals surface area contributed by atoms with Gasteiger partial charge >= 0.3 is 0 Å². The molecule has 0 bridgehead atoms. The molecule has 0 amide bonds. The van der Waals surface area contributed by atoms with Crippen molar-refractivity contribution in [2.24, 2.45) is 0 Å². The first kappa shape index (κ1) is 12.9. The van der Waals surface area contributed by atoms with Crippen LogP contribution in [0.25, 0.3) is 0 Å². The highest BCUT2D eigenvalue weighted by molar-refractivity contribution is 5.46. The molecule has 0 aromatic carbocycles. The first-order valence-corrected chi connectivity index (χ1v) is 7.42. The molecule has 1 aromatic heterocycles. The molecule has 104 valence electrons. The van der Waals surface area contributed by atoms with Crippen LogP contribution < -0.4 is 4.90 Å². The molecule has 2 heterocycles. The minimum absolute atomic E-state index is 0.0754. The monoisotopic (exact) mass is 261 g/mol. The number of pyridine rings is 1. The highest BCUT2D eigenvalue weighted by Gasteiger charge is 2.26. The van der Waals surface area contributed by atoms with Gasteiger partial charge in [-0.3, -0.25) is 4.90 Å². The van der Waals surface area contributed by atoms with Crippen molar-refractivity contribution in [1.29, 1.82) is 0 Å². The summed E-state index contributed by atoms with van der Waals surface area (Å²) in [6.07, 6.45) is 7.38. The average Bonchev–Trinajstić information content (AvgIpc) is 3.02. The third kappa shape index (κ3) is 2.74. The van der Waals surface area contributed by atoms with E-state index in [1.807, 2.05) is 18.3 Å². The van der Waals surface area contributed by atoms with Crippen molar-refractivity contribution in [3.8, 4) is 0 Å². The summed E-state index contributed by atoms with van der Waals surface area (Å²) in [6.45, 7) is 4.39. The maximum atomic E-state index is 9.40. The van der Waals surface area contributed by atoms with Crippen LogP contribution in [0.15, 0.2) is 18.3 Å². The van der Waals surface area contributed by atoms with Crippen LogP contribution in [0.4, 0.5) is 5.82 Å². The van der Waals surface area contributed by atoms with Gasteiger partial charge in [-0.15, -0.1) is 0 Å². The molecule has 1 saturated heterocycles. The largest absolute Gasteiger partial charge is 0.392 e. The van der Waals surface area contributed by atoms with Crippen LogP contribution in [0.1, 0.15) is 31.2 Å². The van der Waals surface area contributed by atoms with Gasteiger partial charge in [-0.05, 0) is 18.9 Å². The third-order valence-electron chi connectivity index (χ3n) is 4.49. The number of anilines is 1. The number of hydrogen-bond donors (Lipinski definition) is 1. The number of aromatic nitrogens is 1. The predicted molar refractivity (Wildman–Crippen MR) is 76.2 cm³/mol. The summed E-state index contributed by atoms with van der Waals surface area (Å²) >= 11 is 0. The molecule has 4 nitrogen and oxygen atoms in total. The van der Waals surface area contributed by atoms with Crippen LogP contribution in [0.2, 0.25) is 0 Å². The molecule has 2 fully saturated rings. The van der Waals surface area contributed by atoms with Crippen LogP contribution in [0, 0.1) is 0 Å². The first-order valence-electron chi connectivity index (χ1n) is 7.42. The standard InChI is InChI=1S/C15H23N3O/c19-12-13-4-3-7-16-15(13)18-10-8-17(9-11-18)14-5-1-2-6-14/h3-4,7,14,19H,1-2,5-6,8-12H2. The lowest BCUT2D eigenvalue weighted by atomic mass is 10.1. The fourth-order valence-corrected chi connectivity index (χ4v) is 3.41. The van der Waals surface area contributed by atoms with Crippen molar-refractivity contribution in [1.82, 2.24) is 9.88 Å². The van der Waals surface area contributed by atoms with Gasteiger partial charge in [-0.2, -0.15) is 0 Å². The van der Waals surface area contributed by atoms with E-state index in [1.165, 1.54) is 25.7 Å².